The van der Waals surface area contributed by atoms with Gasteiger partial charge in [0, 0.05) is 39.0 Å². The van der Waals surface area contributed by atoms with Gasteiger partial charge in [-0.05, 0) is 43.3 Å². The lowest BCUT2D eigenvalue weighted by atomic mass is 10.1. The molecule has 1 saturated heterocycles. The third-order valence-corrected chi connectivity index (χ3v) is 5.71. The maximum absolute atomic E-state index is 13.3. The van der Waals surface area contributed by atoms with E-state index in [1.165, 1.54) is 19.2 Å². The number of hydrogen-bond acceptors (Lipinski definition) is 8. The largest absolute Gasteiger partial charge is 0.459 e. The van der Waals surface area contributed by atoms with Crippen LogP contribution in [0, 0.1) is 17.1 Å². The van der Waals surface area contributed by atoms with Gasteiger partial charge in [-0.2, -0.15) is 5.26 Å². The monoisotopic (exact) mass is 463 g/mol. The second-order valence-corrected chi connectivity index (χ2v) is 8.14. The van der Waals surface area contributed by atoms with Gasteiger partial charge in [-0.1, -0.05) is 12.1 Å². The molecule has 0 bridgehead atoms. The lowest BCUT2D eigenvalue weighted by Gasteiger charge is -2.37. The summed E-state index contributed by atoms with van der Waals surface area (Å²) in [6.45, 7) is 4.48. The minimum atomic E-state index is -1.22. The first-order valence-electron chi connectivity index (χ1n) is 11.1. The zero-order valence-electron chi connectivity index (χ0n) is 19.1. The van der Waals surface area contributed by atoms with Gasteiger partial charge in [0.2, 0.25) is 0 Å². The molecule has 2 heterocycles. The predicted octanol–water partition coefficient (Wildman–Crippen LogP) is 3.28. The normalized spacial score (nSPS) is 15.6. The number of carbonyl (C=O) groups is 1. The Hall–Kier alpha value is -3.77. The van der Waals surface area contributed by atoms with E-state index in [-0.39, 0.29) is 18.1 Å². The van der Waals surface area contributed by atoms with E-state index < -0.39 is 18.0 Å². The van der Waals surface area contributed by atoms with Crippen LogP contribution in [0.4, 0.5) is 15.9 Å². The van der Waals surface area contributed by atoms with Crippen molar-refractivity contribution in [3.63, 3.8) is 0 Å². The minimum Gasteiger partial charge on any atom is -0.459 e. The Morgan fingerprint density at radius 1 is 1.06 bits per heavy atom. The highest BCUT2D eigenvalue weighted by molar-refractivity contribution is 5.85. The molecule has 4 rings (SSSR count). The number of methoxy groups -OCH3 is 1. The molecule has 0 N–H and O–H groups in total. The Labute approximate surface area is 197 Å². The number of nitriles is 1. The number of aromatic nitrogens is 2. The summed E-state index contributed by atoms with van der Waals surface area (Å²) in [4.78, 5) is 26.5. The summed E-state index contributed by atoms with van der Waals surface area (Å²) in [5.74, 6) is -1.67. The minimum absolute atomic E-state index is 0.228. The summed E-state index contributed by atoms with van der Waals surface area (Å²) in [5, 5.41) is 9.89. The van der Waals surface area contributed by atoms with Crippen molar-refractivity contribution in [3.05, 3.63) is 60.0 Å². The standard InChI is InChI=1S/C25H26FN5O3/c1-17(16-33-2)34-25(32)20(15-27)23-24(29-22-6-4-3-5-21(22)28-23)31-13-11-30(12-14-31)19-9-7-18(26)8-10-19/h3-10,17,20H,11-14,16H2,1-2H3/t17-,20-/m0/s1. The topological polar surface area (TPSA) is 91.6 Å². The fourth-order valence-electron chi connectivity index (χ4n) is 4.02. The van der Waals surface area contributed by atoms with E-state index in [4.69, 9.17) is 14.5 Å². The van der Waals surface area contributed by atoms with Crippen LogP contribution in [0.15, 0.2) is 48.5 Å². The number of ether oxygens (including phenoxy) is 2. The number of piperazine rings is 1. The lowest BCUT2D eigenvalue weighted by molar-refractivity contribution is -0.150. The number of halogens is 1. The number of hydrogen-bond donors (Lipinski definition) is 0. The molecule has 3 aromatic rings. The van der Waals surface area contributed by atoms with Gasteiger partial charge in [-0.3, -0.25) is 4.79 Å². The van der Waals surface area contributed by atoms with E-state index in [0.717, 1.165) is 5.69 Å². The molecule has 0 spiro atoms. The van der Waals surface area contributed by atoms with E-state index in [9.17, 15) is 14.4 Å². The number of fused-ring (bicyclic) bond motifs is 1. The summed E-state index contributed by atoms with van der Waals surface area (Å²) >= 11 is 0. The van der Waals surface area contributed by atoms with Crippen LogP contribution in [-0.2, 0) is 14.3 Å². The molecule has 0 amide bonds. The van der Waals surface area contributed by atoms with Gasteiger partial charge < -0.3 is 19.3 Å². The van der Waals surface area contributed by atoms with Crippen molar-refractivity contribution in [1.29, 1.82) is 5.26 Å². The Kier molecular flexibility index (Phi) is 7.18. The third-order valence-electron chi connectivity index (χ3n) is 5.71. The summed E-state index contributed by atoms with van der Waals surface area (Å²) < 4.78 is 23.7. The average Bonchev–Trinajstić information content (AvgIpc) is 2.85. The fraction of sp³-hybridized carbons (Fsp3) is 0.360. The van der Waals surface area contributed by atoms with Gasteiger partial charge in [0.25, 0.3) is 0 Å². The number of para-hydroxylation sites is 2. The van der Waals surface area contributed by atoms with Crippen molar-refractivity contribution in [2.45, 2.75) is 18.9 Å². The van der Waals surface area contributed by atoms with Gasteiger partial charge in [0.15, 0.2) is 11.7 Å². The second kappa shape index (κ2) is 10.4. The smallest absolute Gasteiger partial charge is 0.330 e. The highest BCUT2D eigenvalue weighted by Crippen LogP contribution is 2.29. The van der Waals surface area contributed by atoms with Crippen molar-refractivity contribution in [2.24, 2.45) is 0 Å². The van der Waals surface area contributed by atoms with Crippen LogP contribution < -0.4 is 9.80 Å². The molecule has 2 atom stereocenters. The maximum Gasteiger partial charge on any atom is 0.330 e. The highest BCUT2D eigenvalue weighted by Gasteiger charge is 2.32. The molecule has 9 heteroatoms. The molecule has 0 radical (unpaired) electrons. The van der Waals surface area contributed by atoms with Gasteiger partial charge in [0.1, 0.15) is 17.6 Å². The quantitative estimate of drug-likeness (QED) is 0.493. The molecule has 1 aliphatic rings. The van der Waals surface area contributed by atoms with E-state index in [0.29, 0.717) is 43.0 Å². The molecule has 8 nitrogen and oxygen atoms in total. The number of anilines is 2. The number of rotatable bonds is 7. The number of esters is 1. The Morgan fingerprint density at radius 3 is 2.29 bits per heavy atom. The SMILES string of the molecule is COC[C@H](C)OC(=O)[C@@H](C#N)c1nc2ccccc2nc1N1CCN(c2ccc(F)cc2)CC1. The molecule has 176 valence electrons. The van der Waals surface area contributed by atoms with Gasteiger partial charge in [-0.25, -0.2) is 14.4 Å². The van der Waals surface area contributed by atoms with Crippen molar-refractivity contribution in [2.75, 3.05) is 49.7 Å². The average molecular weight is 464 g/mol. The molecule has 34 heavy (non-hydrogen) atoms. The first-order chi connectivity index (χ1) is 16.5. The van der Waals surface area contributed by atoms with Crippen LogP contribution >= 0.6 is 0 Å². The van der Waals surface area contributed by atoms with Gasteiger partial charge in [0.05, 0.1) is 23.7 Å². The zero-order chi connectivity index (χ0) is 24.1. The fourth-order valence-corrected chi connectivity index (χ4v) is 4.02. The first-order valence-corrected chi connectivity index (χ1v) is 11.1. The van der Waals surface area contributed by atoms with Crippen LogP contribution in [-0.4, -0.2) is 61.9 Å². The molecule has 1 aromatic heterocycles. The molecule has 0 saturated carbocycles. The maximum atomic E-state index is 13.3. The summed E-state index contributed by atoms with van der Waals surface area (Å²) in [5.41, 5.74) is 2.51. The predicted molar refractivity (Wildman–Crippen MR) is 126 cm³/mol. The highest BCUT2D eigenvalue weighted by atomic mass is 19.1. The van der Waals surface area contributed by atoms with E-state index in [1.54, 1.807) is 25.1 Å². The van der Waals surface area contributed by atoms with Crippen molar-refractivity contribution in [1.82, 2.24) is 9.97 Å². The Morgan fingerprint density at radius 2 is 1.68 bits per heavy atom. The van der Waals surface area contributed by atoms with E-state index in [1.807, 2.05) is 23.1 Å². The molecular formula is C25H26FN5O3. The van der Waals surface area contributed by atoms with Crippen LogP contribution in [0.1, 0.15) is 18.5 Å². The van der Waals surface area contributed by atoms with Crippen molar-refractivity contribution in [3.8, 4) is 6.07 Å². The second-order valence-electron chi connectivity index (χ2n) is 8.14. The molecule has 0 unspecified atom stereocenters. The van der Waals surface area contributed by atoms with Crippen LogP contribution in [0.5, 0.6) is 0 Å². The third kappa shape index (κ3) is 5.07. The molecule has 0 aliphatic carbocycles. The van der Waals surface area contributed by atoms with Gasteiger partial charge >= 0.3 is 5.97 Å². The van der Waals surface area contributed by atoms with Crippen LogP contribution in [0.25, 0.3) is 11.0 Å². The summed E-state index contributed by atoms with van der Waals surface area (Å²) in [7, 11) is 1.52. The number of nitrogens with zero attached hydrogens (tertiary/aromatic N) is 5. The Bertz CT molecular complexity index is 1190. The van der Waals surface area contributed by atoms with Crippen LogP contribution in [0.3, 0.4) is 0 Å². The van der Waals surface area contributed by atoms with Crippen LogP contribution in [0.2, 0.25) is 0 Å². The number of benzene rings is 2. The van der Waals surface area contributed by atoms with Crippen molar-refractivity contribution < 1.29 is 18.7 Å². The molecular weight excluding hydrogens is 437 g/mol. The van der Waals surface area contributed by atoms with Gasteiger partial charge in [-0.15, -0.1) is 0 Å². The summed E-state index contributed by atoms with van der Waals surface area (Å²) in [6, 6.07) is 15.8. The van der Waals surface area contributed by atoms with E-state index >= 15 is 0 Å². The summed E-state index contributed by atoms with van der Waals surface area (Å²) in [6.07, 6.45) is -0.496. The van der Waals surface area contributed by atoms with Crippen molar-refractivity contribution >= 4 is 28.5 Å². The number of carbonyl (C=O) groups excluding carboxylic acids is 1. The first kappa shape index (κ1) is 23.4. The Balaban J connectivity index is 1.62. The molecule has 2 aromatic carbocycles. The molecule has 1 aliphatic heterocycles. The van der Waals surface area contributed by atoms with E-state index in [2.05, 4.69) is 16.0 Å². The zero-order valence-corrected chi connectivity index (χ0v) is 19.1. The molecule has 1 fully saturated rings. The lowest BCUT2D eigenvalue weighted by Crippen LogP contribution is -2.47.